The molecule has 9 heteroatoms. The van der Waals surface area contributed by atoms with E-state index in [4.69, 9.17) is 0 Å². The van der Waals surface area contributed by atoms with Crippen molar-refractivity contribution >= 4 is 21.9 Å². The van der Waals surface area contributed by atoms with Crippen LogP contribution in [0.3, 0.4) is 0 Å². The predicted molar refractivity (Wildman–Crippen MR) is 84.2 cm³/mol. The van der Waals surface area contributed by atoms with Crippen LogP contribution in [0.5, 0.6) is 0 Å². The highest BCUT2D eigenvalue weighted by Crippen LogP contribution is 2.11. The number of carbonyl (C=O) groups is 1. The first kappa shape index (κ1) is 16.8. The molecule has 124 valence electrons. The molecule has 0 spiro atoms. The van der Waals surface area contributed by atoms with Crippen LogP contribution in [-0.2, 0) is 10.0 Å². The molecule has 1 aromatic rings. The van der Waals surface area contributed by atoms with E-state index in [1.165, 1.54) is 4.31 Å². The van der Waals surface area contributed by atoms with Crippen LogP contribution in [0.1, 0.15) is 26.8 Å². The summed E-state index contributed by atoms with van der Waals surface area (Å²) in [6.45, 7) is 7.08. The highest BCUT2D eigenvalue weighted by atomic mass is 32.2. The summed E-state index contributed by atoms with van der Waals surface area (Å²) >= 11 is 0. The molecule has 0 saturated carbocycles. The fourth-order valence-corrected chi connectivity index (χ4v) is 3.32. The fraction of sp³-hybridized carbons (Fsp3) is 0.692. The van der Waals surface area contributed by atoms with E-state index in [2.05, 4.69) is 10.4 Å². The van der Waals surface area contributed by atoms with Gasteiger partial charge < -0.3 is 4.90 Å². The second kappa shape index (κ2) is 6.66. The smallest absolute Gasteiger partial charge is 0.322 e. The topological polar surface area (TPSA) is 87.5 Å². The lowest BCUT2D eigenvalue weighted by molar-refractivity contribution is 0.184. The van der Waals surface area contributed by atoms with Crippen molar-refractivity contribution in [3.8, 4) is 0 Å². The monoisotopic (exact) mass is 329 g/mol. The minimum atomic E-state index is -3.18. The number of hydrogen-bond donors (Lipinski definition) is 1. The molecule has 0 bridgehead atoms. The number of carbonyl (C=O) groups excluding carboxylic acids is 1. The van der Waals surface area contributed by atoms with Gasteiger partial charge in [-0.3, -0.25) is 10.00 Å². The van der Waals surface area contributed by atoms with Crippen molar-refractivity contribution < 1.29 is 13.2 Å². The minimum Gasteiger partial charge on any atom is -0.322 e. The lowest BCUT2D eigenvalue weighted by Gasteiger charge is -2.33. The van der Waals surface area contributed by atoms with Crippen molar-refractivity contribution in [1.29, 1.82) is 0 Å². The molecular weight excluding hydrogens is 306 g/mol. The molecule has 1 aliphatic heterocycles. The second-order valence-electron chi connectivity index (χ2n) is 5.49. The van der Waals surface area contributed by atoms with Crippen LogP contribution in [0.2, 0.25) is 0 Å². The molecule has 0 atom stereocenters. The molecule has 0 aromatic carbocycles. The third kappa shape index (κ3) is 3.77. The number of piperazine rings is 1. The number of anilines is 1. The van der Waals surface area contributed by atoms with Crippen molar-refractivity contribution in [2.45, 2.75) is 26.8 Å². The molecule has 1 aromatic heterocycles. The number of rotatable bonds is 4. The van der Waals surface area contributed by atoms with E-state index in [-0.39, 0.29) is 17.8 Å². The van der Waals surface area contributed by atoms with Crippen LogP contribution in [0.15, 0.2) is 12.3 Å². The molecular formula is C13H23N5O3S. The van der Waals surface area contributed by atoms with E-state index in [1.807, 2.05) is 20.0 Å². The Morgan fingerprint density at radius 1 is 1.32 bits per heavy atom. The van der Waals surface area contributed by atoms with Crippen molar-refractivity contribution in [2.75, 3.05) is 37.2 Å². The van der Waals surface area contributed by atoms with Crippen molar-refractivity contribution in [2.24, 2.45) is 0 Å². The molecule has 2 amide bonds. The Bertz CT molecular complexity index is 617. The quantitative estimate of drug-likeness (QED) is 0.891. The van der Waals surface area contributed by atoms with E-state index in [0.29, 0.717) is 32.0 Å². The summed E-state index contributed by atoms with van der Waals surface area (Å²) in [5.74, 6) is 0.591. The Morgan fingerprint density at radius 2 is 1.95 bits per heavy atom. The maximum absolute atomic E-state index is 12.2. The van der Waals surface area contributed by atoms with Gasteiger partial charge in [-0.15, -0.1) is 0 Å². The highest BCUT2D eigenvalue weighted by molar-refractivity contribution is 7.89. The third-order valence-electron chi connectivity index (χ3n) is 3.66. The zero-order chi connectivity index (χ0) is 16.3. The van der Waals surface area contributed by atoms with Gasteiger partial charge in [-0.1, -0.05) is 0 Å². The molecule has 2 heterocycles. The summed E-state index contributed by atoms with van der Waals surface area (Å²) in [7, 11) is -3.18. The summed E-state index contributed by atoms with van der Waals surface area (Å²) in [6.07, 6.45) is 1.81. The van der Waals surface area contributed by atoms with E-state index in [0.717, 1.165) is 0 Å². The Morgan fingerprint density at radius 3 is 2.45 bits per heavy atom. The van der Waals surface area contributed by atoms with Gasteiger partial charge in [0.15, 0.2) is 5.82 Å². The zero-order valence-electron chi connectivity index (χ0n) is 13.2. The lowest BCUT2D eigenvalue weighted by atomic mass is 10.4. The molecule has 1 aliphatic rings. The van der Waals surface area contributed by atoms with E-state index >= 15 is 0 Å². The van der Waals surface area contributed by atoms with Gasteiger partial charge in [0.25, 0.3) is 0 Å². The molecule has 1 saturated heterocycles. The van der Waals surface area contributed by atoms with Crippen molar-refractivity contribution in [3.63, 3.8) is 0 Å². The lowest BCUT2D eigenvalue weighted by Crippen LogP contribution is -2.51. The van der Waals surface area contributed by atoms with Gasteiger partial charge in [-0.25, -0.2) is 13.2 Å². The molecule has 0 aliphatic carbocycles. The van der Waals surface area contributed by atoms with E-state index < -0.39 is 10.0 Å². The molecule has 0 radical (unpaired) electrons. The van der Waals surface area contributed by atoms with Crippen LogP contribution in [0.25, 0.3) is 0 Å². The first-order valence-corrected chi connectivity index (χ1v) is 9.03. The average molecular weight is 329 g/mol. The predicted octanol–water partition coefficient (Wildman–Crippen LogP) is 0.963. The standard InChI is InChI=1S/C13H23N5O3S/c1-4-22(20,21)17-9-7-16(8-10-17)13(19)14-12-5-6-18(15-12)11(2)3/h5-6,11H,4,7-10H2,1-3H3,(H,14,15,19). The summed E-state index contributed by atoms with van der Waals surface area (Å²) in [4.78, 5) is 13.8. The second-order valence-corrected chi connectivity index (χ2v) is 7.75. The Kier molecular flexibility index (Phi) is 5.07. The number of hydrogen-bond acceptors (Lipinski definition) is 4. The van der Waals surface area contributed by atoms with Crippen LogP contribution in [0.4, 0.5) is 10.6 Å². The maximum Gasteiger partial charge on any atom is 0.323 e. The van der Waals surface area contributed by atoms with Gasteiger partial charge in [0, 0.05) is 44.5 Å². The molecule has 1 N–H and O–H groups in total. The Labute approximate surface area is 131 Å². The van der Waals surface area contributed by atoms with Gasteiger partial charge in [0.2, 0.25) is 10.0 Å². The number of urea groups is 1. The van der Waals surface area contributed by atoms with E-state index in [9.17, 15) is 13.2 Å². The van der Waals surface area contributed by atoms with Gasteiger partial charge in [0.1, 0.15) is 0 Å². The summed E-state index contributed by atoms with van der Waals surface area (Å²) < 4.78 is 26.8. The largest absolute Gasteiger partial charge is 0.323 e. The van der Waals surface area contributed by atoms with Crippen LogP contribution >= 0.6 is 0 Å². The number of nitrogens with one attached hydrogen (secondary N) is 1. The Hall–Kier alpha value is -1.61. The van der Waals surface area contributed by atoms with Crippen LogP contribution in [-0.4, -0.2) is 65.4 Å². The van der Waals surface area contributed by atoms with Crippen LogP contribution in [0, 0.1) is 0 Å². The van der Waals surface area contributed by atoms with Gasteiger partial charge in [0.05, 0.1) is 5.75 Å². The highest BCUT2D eigenvalue weighted by Gasteiger charge is 2.27. The maximum atomic E-state index is 12.2. The van der Waals surface area contributed by atoms with Crippen molar-refractivity contribution in [1.82, 2.24) is 19.0 Å². The Balaban J connectivity index is 1.89. The number of sulfonamides is 1. The first-order chi connectivity index (χ1) is 10.3. The SMILES string of the molecule is CCS(=O)(=O)N1CCN(C(=O)Nc2ccn(C(C)C)n2)CC1. The minimum absolute atomic E-state index is 0.0891. The van der Waals surface area contributed by atoms with Gasteiger partial charge >= 0.3 is 6.03 Å². The summed E-state index contributed by atoms with van der Waals surface area (Å²) in [5, 5.41) is 7.01. The molecule has 1 fully saturated rings. The third-order valence-corrected chi connectivity index (χ3v) is 5.54. The van der Waals surface area contributed by atoms with E-state index in [1.54, 1.807) is 22.6 Å². The molecule has 8 nitrogen and oxygen atoms in total. The van der Waals surface area contributed by atoms with Crippen molar-refractivity contribution in [3.05, 3.63) is 12.3 Å². The molecule has 0 unspecified atom stereocenters. The molecule has 2 rings (SSSR count). The molecule has 22 heavy (non-hydrogen) atoms. The fourth-order valence-electron chi connectivity index (χ4n) is 2.23. The number of nitrogens with zero attached hydrogens (tertiary/aromatic N) is 4. The normalized spacial score (nSPS) is 17.0. The average Bonchev–Trinajstić information content (AvgIpc) is 2.96. The first-order valence-electron chi connectivity index (χ1n) is 7.42. The summed E-state index contributed by atoms with van der Waals surface area (Å²) in [6, 6.07) is 1.73. The van der Waals surface area contributed by atoms with Gasteiger partial charge in [-0.2, -0.15) is 9.40 Å². The zero-order valence-corrected chi connectivity index (χ0v) is 14.0. The number of aromatic nitrogens is 2. The van der Waals surface area contributed by atoms with Gasteiger partial charge in [-0.05, 0) is 20.8 Å². The summed E-state index contributed by atoms with van der Waals surface area (Å²) in [5.41, 5.74) is 0. The van der Waals surface area contributed by atoms with Crippen LogP contribution < -0.4 is 5.32 Å². The number of amides is 2.